The van der Waals surface area contributed by atoms with Gasteiger partial charge in [-0.2, -0.15) is 0 Å². The first-order chi connectivity index (χ1) is 11.0. The number of amides is 1. The SMILES string of the molecule is CN(C)C(=O)c1cccc(COc2ccc3c(c2)CCC3=O)c1. The number of aryl methyl sites for hydroxylation is 1. The Kier molecular flexibility index (Phi) is 4.15. The summed E-state index contributed by atoms with van der Waals surface area (Å²) in [7, 11) is 3.47. The number of hydrogen-bond donors (Lipinski definition) is 0. The molecule has 0 bridgehead atoms. The fourth-order valence-electron chi connectivity index (χ4n) is 2.74. The molecule has 0 unspecified atom stereocenters. The van der Waals surface area contributed by atoms with Crippen LogP contribution in [-0.4, -0.2) is 30.7 Å². The summed E-state index contributed by atoms with van der Waals surface area (Å²) in [5.74, 6) is 0.937. The average molecular weight is 309 g/mol. The van der Waals surface area contributed by atoms with Gasteiger partial charge in [0.25, 0.3) is 5.91 Å². The normalized spacial score (nSPS) is 12.9. The number of benzene rings is 2. The van der Waals surface area contributed by atoms with Crippen LogP contribution in [0.3, 0.4) is 0 Å². The molecular formula is C19H19NO3. The number of Topliss-reactive ketones (excluding diaryl/α,β-unsaturated/α-hetero) is 1. The summed E-state index contributed by atoms with van der Waals surface area (Å²) in [6.45, 7) is 0.390. The molecule has 4 nitrogen and oxygen atoms in total. The minimum Gasteiger partial charge on any atom is -0.489 e. The van der Waals surface area contributed by atoms with Crippen LogP contribution in [0.15, 0.2) is 42.5 Å². The lowest BCUT2D eigenvalue weighted by atomic mass is 10.1. The maximum absolute atomic E-state index is 12.0. The standard InChI is InChI=1S/C19H19NO3/c1-20(2)19(22)15-5-3-4-13(10-15)12-23-16-7-8-17-14(11-16)6-9-18(17)21/h3-5,7-8,10-11H,6,9,12H2,1-2H3. The van der Waals surface area contributed by atoms with Crippen molar-refractivity contribution in [3.63, 3.8) is 0 Å². The van der Waals surface area contributed by atoms with Crippen LogP contribution in [-0.2, 0) is 13.0 Å². The quantitative estimate of drug-likeness (QED) is 0.872. The van der Waals surface area contributed by atoms with Gasteiger partial charge in [-0.05, 0) is 47.9 Å². The fraction of sp³-hybridized carbons (Fsp3) is 0.263. The molecule has 4 heteroatoms. The number of rotatable bonds is 4. The van der Waals surface area contributed by atoms with Gasteiger partial charge in [-0.25, -0.2) is 0 Å². The summed E-state index contributed by atoms with van der Waals surface area (Å²) in [5, 5.41) is 0. The van der Waals surface area contributed by atoms with E-state index in [9.17, 15) is 9.59 Å². The first-order valence-corrected chi connectivity index (χ1v) is 7.64. The van der Waals surface area contributed by atoms with Gasteiger partial charge in [0.15, 0.2) is 5.78 Å². The van der Waals surface area contributed by atoms with E-state index in [0.717, 1.165) is 28.9 Å². The smallest absolute Gasteiger partial charge is 0.253 e. The molecule has 2 aromatic carbocycles. The monoisotopic (exact) mass is 309 g/mol. The second kappa shape index (κ2) is 6.24. The van der Waals surface area contributed by atoms with Crippen LogP contribution in [0.5, 0.6) is 5.75 Å². The van der Waals surface area contributed by atoms with E-state index in [0.29, 0.717) is 18.6 Å². The number of hydrogen-bond acceptors (Lipinski definition) is 3. The first kappa shape index (κ1) is 15.3. The van der Waals surface area contributed by atoms with Crippen LogP contribution < -0.4 is 4.74 Å². The highest BCUT2D eigenvalue weighted by molar-refractivity contribution is 6.00. The van der Waals surface area contributed by atoms with Gasteiger partial charge < -0.3 is 9.64 Å². The molecular weight excluding hydrogens is 290 g/mol. The zero-order valence-corrected chi connectivity index (χ0v) is 13.3. The third-order valence-corrected chi connectivity index (χ3v) is 3.98. The molecule has 0 aliphatic heterocycles. The summed E-state index contributed by atoms with van der Waals surface area (Å²) in [5.41, 5.74) is 3.46. The lowest BCUT2D eigenvalue weighted by Crippen LogP contribution is -2.21. The molecule has 0 fully saturated rings. The van der Waals surface area contributed by atoms with Crippen molar-refractivity contribution in [2.45, 2.75) is 19.4 Å². The van der Waals surface area contributed by atoms with Crippen LogP contribution in [0.4, 0.5) is 0 Å². The van der Waals surface area contributed by atoms with Gasteiger partial charge in [-0.1, -0.05) is 12.1 Å². The highest BCUT2D eigenvalue weighted by Crippen LogP contribution is 2.26. The molecule has 1 aliphatic carbocycles. The lowest BCUT2D eigenvalue weighted by Gasteiger charge is -2.12. The molecule has 1 aliphatic rings. The Labute approximate surface area is 135 Å². The Morgan fingerprint density at radius 3 is 2.74 bits per heavy atom. The summed E-state index contributed by atoms with van der Waals surface area (Å²) >= 11 is 0. The average Bonchev–Trinajstić information content (AvgIpc) is 2.93. The zero-order chi connectivity index (χ0) is 16.4. The van der Waals surface area contributed by atoms with Gasteiger partial charge in [0, 0.05) is 31.6 Å². The third-order valence-electron chi connectivity index (χ3n) is 3.98. The minimum absolute atomic E-state index is 0.0251. The van der Waals surface area contributed by atoms with Crippen molar-refractivity contribution in [2.24, 2.45) is 0 Å². The van der Waals surface area contributed by atoms with E-state index in [1.165, 1.54) is 0 Å². The van der Waals surface area contributed by atoms with Crippen molar-refractivity contribution >= 4 is 11.7 Å². The predicted octanol–water partition coefficient (Wildman–Crippen LogP) is 3.10. The van der Waals surface area contributed by atoms with Gasteiger partial charge in [0.05, 0.1) is 0 Å². The van der Waals surface area contributed by atoms with Crippen molar-refractivity contribution in [1.29, 1.82) is 0 Å². The summed E-state index contributed by atoms with van der Waals surface area (Å²) in [6, 6.07) is 13.0. The molecule has 118 valence electrons. The number of ketones is 1. The van der Waals surface area contributed by atoms with E-state index >= 15 is 0 Å². The van der Waals surface area contributed by atoms with E-state index in [-0.39, 0.29) is 11.7 Å². The maximum Gasteiger partial charge on any atom is 0.253 e. The molecule has 0 atom stereocenters. The summed E-state index contributed by atoms with van der Waals surface area (Å²) in [6.07, 6.45) is 1.38. The lowest BCUT2D eigenvalue weighted by molar-refractivity contribution is 0.0827. The van der Waals surface area contributed by atoms with E-state index < -0.39 is 0 Å². The van der Waals surface area contributed by atoms with E-state index in [1.54, 1.807) is 25.1 Å². The highest BCUT2D eigenvalue weighted by Gasteiger charge is 2.19. The van der Waals surface area contributed by atoms with Crippen molar-refractivity contribution in [2.75, 3.05) is 14.1 Å². The molecule has 0 aromatic heterocycles. The molecule has 0 spiro atoms. The highest BCUT2D eigenvalue weighted by atomic mass is 16.5. The number of carbonyl (C=O) groups is 2. The zero-order valence-electron chi connectivity index (χ0n) is 13.3. The van der Waals surface area contributed by atoms with Crippen LogP contribution >= 0.6 is 0 Å². The fourth-order valence-corrected chi connectivity index (χ4v) is 2.74. The van der Waals surface area contributed by atoms with Crippen LogP contribution in [0, 0.1) is 0 Å². The maximum atomic E-state index is 12.0. The Balaban J connectivity index is 1.70. The third kappa shape index (κ3) is 3.26. The Morgan fingerprint density at radius 1 is 1.13 bits per heavy atom. The molecule has 0 radical (unpaired) electrons. The van der Waals surface area contributed by atoms with E-state index in [2.05, 4.69) is 0 Å². The number of ether oxygens (including phenoxy) is 1. The molecule has 0 heterocycles. The first-order valence-electron chi connectivity index (χ1n) is 7.64. The predicted molar refractivity (Wildman–Crippen MR) is 87.9 cm³/mol. The molecule has 0 saturated carbocycles. The van der Waals surface area contributed by atoms with Gasteiger partial charge in [0.1, 0.15) is 12.4 Å². The van der Waals surface area contributed by atoms with Gasteiger partial charge in [0.2, 0.25) is 0 Å². The molecule has 0 saturated heterocycles. The summed E-state index contributed by atoms with van der Waals surface area (Å²) < 4.78 is 5.81. The molecule has 2 aromatic rings. The Hall–Kier alpha value is -2.62. The Bertz CT molecular complexity index is 765. The minimum atomic E-state index is -0.0251. The Morgan fingerprint density at radius 2 is 1.96 bits per heavy atom. The number of nitrogens with zero attached hydrogens (tertiary/aromatic N) is 1. The van der Waals surface area contributed by atoms with Gasteiger partial charge >= 0.3 is 0 Å². The molecule has 1 amide bonds. The van der Waals surface area contributed by atoms with Crippen LogP contribution in [0.25, 0.3) is 0 Å². The van der Waals surface area contributed by atoms with Crippen molar-refractivity contribution in [3.8, 4) is 5.75 Å². The largest absolute Gasteiger partial charge is 0.489 e. The van der Waals surface area contributed by atoms with Crippen LogP contribution in [0.1, 0.15) is 38.3 Å². The molecule has 23 heavy (non-hydrogen) atoms. The summed E-state index contributed by atoms with van der Waals surface area (Å²) in [4.78, 5) is 25.2. The number of carbonyl (C=O) groups excluding carboxylic acids is 2. The number of fused-ring (bicyclic) bond motifs is 1. The van der Waals surface area contributed by atoms with Crippen molar-refractivity contribution in [3.05, 3.63) is 64.7 Å². The van der Waals surface area contributed by atoms with E-state index in [4.69, 9.17) is 4.74 Å². The molecule has 3 rings (SSSR count). The van der Waals surface area contributed by atoms with E-state index in [1.807, 2.05) is 36.4 Å². The van der Waals surface area contributed by atoms with Crippen molar-refractivity contribution in [1.82, 2.24) is 4.90 Å². The van der Waals surface area contributed by atoms with Gasteiger partial charge in [-0.15, -0.1) is 0 Å². The topological polar surface area (TPSA) is 46.6 Å². The van der Waals surface area contributed by atoms with Gasteiger partial charge in [-0.3, -0.25) is 9.59 Å². The molecule has 0 N–H and O–H groups in total. The van der Waals surface area contributed by atoms with Crippen molar-refractivity contribution < 1.29 is 14.3 Å². The van der Waals surface area contributed by atoms with Crippen LogP contribution in [0.2, 0.25) is 0 Å². The second-order valence-corrected chi connectivity index (χ2v) is 5.93. The second-order valence-electron chi connectivity index (χ2n) is 5.93.